The molecule has 2 aromatic carbocycles. The van der Waals surface area contributed by atoms with Gasteiger partial charge in [0.2, 0.25) is 11.8 Å². The third kappa shape index (κ3) is 3.18. The van der Waals surface area contributed by atoms with Crippen LogP contribution in [0.25, 0.3) is 21.8 Å². The van der Waals surface area contributed by atoms with Crippen LogP contribution in [0.3, 0.4) is 0 Å². The number of amides is 2. The number of carbonyl (C=O) groups is 2. The van der Waals surface area contributed by atoms with E-state index >= 15 is 0 Å². The van der Waals surface area contributed by atoms with Crippen LogP contribution in [0.1, 0.15) is 18.4 Å². The fourth-order valence-corrected chi connectivity index (χ4v) is 4.23. The first kappa shape index (κ1) is 17.6. The van der Waals surface area contributed by atoms with E-state index < -0.39 is 0 Å². The van der Waals surface area contributed by atoms with Crippen molar-refractivity contribution in [2.24, 2.45) is 13.0 Å². The predicted octanol–water partition coefficient (Wildman–Crippen LogP) is 2.86. The quantitative estimate of drug-likeness (QED) is 0.778. The summed E-state index contributed by atoms with van der Waals surface area (Å²) in [5, 5.41) is 5.10. The van der Waals surface area contributed by atoms with Crippen molar-refractivity contribution in [1.82, 2.24) is 14.8 Å². The maximum Gasteiger partial charge on any atom is 0.227 e. The molecular weight excluding hydrogens is 338 g/mol. The number of piperidine rings is 1. The number of carbonyl (C=O) groups excluding carboxylic acids is 2. The Labute approximate surface area is 158 Å². The molecule has 5 nitrogen and oxygen atoms in total. The summed E-state index contributed by atoms with van der Waals surface area (Å²) in [6.45, 7) is 1.26. The van der Waals surface area contributed by atoms with Gasteiger partial charge in [-0.2, -0.15) is 0 Å². The van der Waals surface area contributed by atoms with Crippen molar-refractivity contribution >= 4 is 33.6 Å². The standard InChI is InChI=1S/C22H25N3O2/c1-23-22(27)16-6-5-11-25(14-16)21(26)13-15-9-10-20-18(12-15)17-7-3-4-8-19(17)24(20)2/h3-4,7-10,12,16H,5-6,11,13-14H2,1-2H3,(H,23,27)/t16-/m1/s1. The highest BCUT2D eigenvalue weighted by Crippen LogP contribution is 2.29. The zero-order valence-electron chi connectivity index (χ0n) is 15.9. The van der Waals surface area contributed by atoms with Gasteiger partial charge in [0.05, 0.1) is 12.3 Å². The topological polar surface area (TPSA) is 54.3 Å². The molecule has 0 bridgehead atoms. The summed E-state index contributed by atoms with van der Waals surface area (Å²) in [5.41, 5.74) is 3.39. The van der Waals surface area contributed by atoms with E-state index in [-0.39, 0.29) is 17.7 Å². The van der Waals surface area contributed by atoms with E-state index in [4.69, 9.17) is 0 Å². The second-order valence-electron chi connectivity index (χ2n) is 7.40. The number of nitrogens with zero attached hydrogens (tertiary/aromatic N) is 2. The first-order valence-corrected chi connectivity index (χ1v) is 9.54. The molecule has 27 heavy (non-hydrogen) atoms. The van der Waals surface area contributed by atoms with Crippen molar-refractivity contribution in [3.05, 3.63) is 48.0 Å². The molecule has 1 aliphatic heterocycles. The van der Waals surface area contributed by atoms with E-state index in [9.17, 15) is 9.59 Å². The first-order chi connectivity index (χ1) is 13.1. The molecule has 4 rings (SSSR count). The molecule has 140 valence electrons. The molecule has 1 aromatic heterocycles. The zero-order chi connectivity index (χ0) is 19.0. The van der Waals surface area contributed by atoms with E-state index in [1.807, 2.05) is 23.1 Å². The summed E-state index contributed by atoms with van der Waals surface area (Å²) in [5.74, 6) is 0.0427. The lowest BCUT2D eigenvalue weighted by Gasteiger charge is -2.32. The van der Waals surface area contributed by atoms with Crippen LogP contribution in [0, 0.1) is 5.92 Å². The molecule has 0 radical (unpaired) electrons. The van der Waals surface area contributed by atoms with Gasteiger partial charge in [0, 0.05) is 49.0 Å². The molecule has 1 saturated heterocycles. The summed E-state index contributed by atoms with van der Waals surface area (Å²) in [7, 11) is 3.73. The van der Waals surface area contributed by atoms with E-state index in [0.29, 0.717) is 13.0 Å². The predicted molar refractivity (Wildman–Crippen MR) is 107 cm³/mol. The van der Waals surface area contributed by atoms with Crippen LogP contribution >= 0.6 is 0 Å². The summed E-state index contributed by atoms with van der Waals surface area (Å²) < 4.78 is 2.19. The molecular formula is C22H25N3O2. The number of benzene rings is 2. The smallest absolute Gasteiger partial charge is 0.227 e. The number of fused-ring (bicyclic) bond motifs is 3. The van der Waals surface area contributed by atoms with Crippen molar-refractivity contribution in [2.45, 2.75) is 19.3 Å². The first-order valence-electron chi connectivity index (χ1n) is 9.54. The van der Waals surface area contributed by atoms with Gasteiger partial charge in [0.25, 0.3) is 0 Å². The number of hydrogen-bond acceptors (Lipinski definition) is 2. The monoisotopic (exact) mass is 363 g/mol. The van der Waals surface area contributed by atoms with Gasteiger partial charge >= 0.3 is 0 Å². The molecule has 1 fully saturated rings. The summed E-state index contributed by atoms with van der Waals surface area (Å²) in [4.78, 5) is 26.6. The van der Waals surface area contributed by atoms with E-state index in [2.05, 4.69) is 41.2 Å². The lowest BCUT2D eigenvalue weighted by molar-refractivity contribution is -0.135. The normalized spacial score (nSPS) is 17.4. The summed E-state index contributed by atoms with van der Waals surface area (Å²) >= 11 is 0. The van der Waals surface area contributed by atoms with Crippen LogP contribution < -0.4 is 5.32 Å². The number of nitrogens with one attached hydrogen (secondary N) is 1. The second kappa shape index (κ2) is 7.06. The number of aryl methyl sites for hydroxylation is 1. The Morgan fingerprint density at radius 2 is 1.89 bits per heavy atom. The van der Waals surface area contributed by atoms with Crippen LogP contribution in [-0.2, 0) is 23.1 Å². The molecule has 0 aliphatic carbocycles. The highest BCUT2D eigenvalue weighted by atomic mass is 16.2. The van der Waals surface area contributed by atoms with Gasteiger partial charge in [-0.25, -0.2) is 0 Å². The maximum atomic E-state index is 12.8. The second-order valence-corrected chi connectivity index (χ2v) is 7.40. The largest absolute Gasteiger partial charge is 0.359 e. The van der Waals surface area contributed by atoms with Gasteiger partial charge in [-0.1, -0.05) is 24.3 Å². The molecule has 1 atom stereocenters. The Kier molecular flexibility index (Phi) is 4.60. The lowest BCUT2D eigenvalue weighted by Crippen LogP contribution is -2.45. The van der Waals surface area contributed by atoms with Gasteiger partial charge in [-0.3, -0.25) is 9.59 Å². The van der Waals surface area contributed by atoms with Crippen LogP contribution in [0.5, 0.6) is 0 Å². The summed E-state index contributed by atoms with van der Waals surface area (Å²) in [6, 6.07) is 14.6. The molecule has 1 N–H and O–H groups in total. The third-order valence-corrected chi connectivity index (χ3v) is 5.72. The number of aromatic nitrogens is 1. The van der Waals surface area contributed by atoms with Crippen molar-refractivity contribution in [3.8, 4) is 0 Å². The Bertz CT molecular complexity index is 1020. The average molecular weight is 363 g/mol. The number of hydrogen-bond donors (Lipinski definition) is 1. The Hall–Kier alpha value is -2.82. The molecule has 5 heteroatoms. The molecule has 3 aromatic rings. The van der Waals surface area contributed by atoms with E-state index in [1.54, 1.807) is 7.05 Å². The Balaban J connectivity index is 1.57. The Morgan fingerprint density at radius 3 is 2.70 bits per heavy atom. The van der Waals surface area contributed by atoms with Gasteiger partial charge in [-0.15, -0.1) is 0 Å². The minimum Gasteiger partial charge on any atom is -0.359 e. The SMILES string of the molecule is CNC(=O)[C@@H]1CCCN(C(=O)Cc2ccc3c(c2)c2ccccc2n3C)C1. The maximum absolute atomic E-state index is 12.8. The van der Waals surface area contributed by atoms with E-state index in [0.717, 1.165) is 24.9 Å². The third-order valence-electron chi connectivity index (χ3n) is 5.72. The van der Waals surface area contributed by atoms with Gasteiger partial charge in [0.15, 0.2) is 0 Å². The molecule has 1 aliphatic rings. The molecule has 0 unspecified atom stereocenters. The highest BCUT2D eigenvalue weighted by molar-refractivity contribution is 6.08. The zero-order valence-corrected chi connectivity index (χ0v) is 15.9. The van der Waals surface area contributed by atoms with Crippen molar-refractivity contribution < 1.29 is 9.59 Å². The van der Waals surface area contributed by atoms with Crippen molar-refractivity contribution in [3.63, 3.8) is 0 Å². The van der Waals surface area contributed by atoms with Gasteiger partial charge < -0.3 is 14.8 Å². The fourth-order valence-electron chi connectivity index (χ4n) is 4.23. The lowest BCUT2D eigenvalue weighted by atomic mass is 9.96. The molecule has 0 spiro atoms. The van der Waals surface area contributed by atoms with Gasteiger partial charge in [-0.05, 0) is 36.6 Å². The molecule has 2 heterocycles. The highest BCUT2D eigenvalue weighted by Gasteiger charge is 2.27. The minimum absolute atomic E-state index is 0.0321. The van der Waals surface area contributed by atoms with Crippen LogP contribution in [0.2, 0.25) is 0 Å². The van der Waals surface area contributed by atoms with Gasteiger partial charge in [0.1, 0.15) is 0 Å². The summed E-state index contributed by atoms with van der Waals surface area (Å²) in [6.07, 6.45) is 2.11. The van der Waals surface area contributed by atoms with E-state index in [1.165, 1.54) is 21.8 Å². The Morgan fingerprint density at radius 1 is 1.11 bits per heavy atom. The average Bonchev–Trinajstić information content (AvgIpc) is 2.99. The van der Waals surface area contributed by atoms with Crippen molar-refractivity contribution in [1.29, 1.82) is 0 Å². The van der Waals surface area contributed by atoms with Crippen LogP contribution in [0.4, 0.5) is 0 Å². The van der Waals surface area contributed by atoms with Crippen LogP contribution in [-0.4, -0.2) is 41.4 Å². The van der Waals surface area contributed by atoms with Crippen LogP contribution in [0.15, 0.2) is 42.5 Å². The number of para-hydroxylation sites is 1. The minimum atomic E-state index is -0.0896. The van der Waals surface area contributed by atoms with Crippen molar-refractivity contribution in [2.75, 3.05) is 20.1 Å². The molecule has 2 amide bonds. The fraction of sp³-hybridized carbons (Fsp3) is 0.364. The number of rotatable bonds is 3. The molecule has 0 saturated carbocycles. The number of likely N-dealkylation sites (tertiary alicyclic amines) is 1.